The number of carboxylic acids is 1. The molecule has 0 radical (unpaired) electrons. The highest BCUT2D eigenvalue weighted by Gasteiger charge is 2.19. The number of carbonyl (C=O) groups excluding carboxylic acids is 7. The van der Waals surface area contributed by atoms with Gasteiger partial charge in [-0.2, -0.15) is 0 Å². The van der Waals surface area contributed by atoms with Crippen LogP contribution in [0.1, 0.15) is 81.0 Å². The summed E-state index contributed by atoms with van der Waals surface area (Å²) in [5.74, 6) is -1.08. The molecule has 0 heterocycles. The Balaban J connectivity index is 0.000000425. The molecule has 19 nitrogen and oxygen atoms in total. The molecular weight excluding hydrogens is 817 g/mol. The number of nitrogens with one attached hydrogen (secondary N) is 3. The number of nitrogens with two attached hydrogens (primary N) is 5. The van der Waals surface area contributed by atoms with Gasteiger partial charge in [0.2, 0.25) is 18.2 Å². The van der Waals surface area contributed by atoms with Crippen molar-refractivity contribution >= 4 is 70.1 Å². The molecule has 0 aliphatic carbocycles. The minimum absolute atomic E-state index is 0.00981. The van der Waals surface area contributed by atoms with Crippen molar-refractivity contribution < 1.29 is 52.9 Å². The molecule has 4 aromatic carbocycles. The summed E-state index contributed by atoms with van der Waals surface area (Å²) in [4.78, 5) is 89.0. The number of carboxylic acid groups (broad SMARTS) is 1. The molecule has 4 aromatic rings. The first-order valence-electron chi connectivity index (χ1n) is 19.2. The van der Waals surface area contributed by atoms with Gasteiger partial charge in [0.15, 0.2) is 23.1 Å². The maximum absolute atomic E-state index is 12.0. The Hall–Kier alpha value is -7.64. The summed E-state index contributed by atoms with van der Waals surface area (Å²) in [6, 6.07) is 22.1. The van der Waals surface area contributed by atoms with E-state index in [4.69, 9.17) is 43.2 Å². The van der Waals surface area contributed by atoms with E-state index >= 15 is 0 Å². The highest BCUT2D eigenvalue weighted by atomic mass is 16.5. The van der Waals surface area contributed by atoms with E-state index in [2.05, 4.69) is 16.0 Å². The van der Waals surface area contributed by atoms with Gasteiger partial charge in [0.25, 0.3) is 0 Å². The number of carbonyl (C=O) groups is 8. The lowest BCUT2D eigenvalue weighted by atomic mass is 10.0. The maximum Gasteiger partial charge on any atom is 0.320 e. The zero-order valence-corrected chi connectivity index (χ0v) is 35.6. The van der Waals surface area contributed by atoms with Gasteiger partial charge in [-0.25, -0.2) is 0 Å². The molecule has 0 bridgehead atoms. The quantitative estimate of drug-likeness (QED) is 0.0371. The van der Waals surface area contributed by atoms with Gasteiger partial charge in [-0.1, -0.05) is 24.3 Å². The number of rotatable bonds is 19. The van der Waals surface area contributed by atoms with E-state index in [1.807, 2.05) is 0 Å². The fourth-order valence-electron chi connectivity index (χ4n) is 5.11. The number of anilines is 4. The number of hydrogen-bond donors (Lipinski definition) is 9. The fourth-order valence-corrected chi connectivity index (χ4v) is 5.11. The number of hydrogen-bond acceptors (Lipinski definition) is 15. The van der Waals surface area contributed by atoms with Crippen LogP contribution in [-0.4, -0.2) is 92.3 Å². The zero-order chi connectivity index (χ0) is 47.5. The van der Waals surface area contributed by atoms with Crippen LogP contribution < -0.4 is 54.1 Å². The largest absolute Gasteiger partial charge is 0.497 e. The predicted octanol–water partition coefficient (Wildman–Crippen LogP) is 3.01. The summed E-state index contributed by atoms with van der Waals surface area (Å²) >= 11 is 0. The summed E-state index contributed by atoms with van der Waals surface area (Å²) in [7, 11) is 3.02. The first-order valence-corrected chi connectivity index (χ1v) is 19.2. The fraction of sp³-hybridized carbons (Fsp3) is 0.273. The Morgan fingerprint density at radius 3 is 1.49 bits per heavy atom. The van der Waals surface area contributed by atoms with E-state index in [0.717, 1.165) is 0 Å². The standard InChI is InChI=1S/C13H16N2O4.C12H16N2O3.C10H12N2O3.C9H12N2O/c1-9(17)14-6-5-13(18)11-7-10(19-2)3-4-12(11)15-8-16;1-8(15)14-6-5-12(16)10-7-9(17-2)3-4-11(10)13;11-7-4-2-1-3-6(7)9(13)5-8(12)10(14)15;10-6-5-9(12)7-3-1-2-4-8(7)11/h3-4,7-8H,5-6H2,1-2H3,(H,14,17)(H,15,16);3-4,7H,5-6,13H2,1-2H3,(H,14,15);1-4,8H,5,11-12H2,(H,14,15);1-4H,5-6,10-11H2. The monoisotopic (exact) mass is 872 g/mol. The molecule has 0 aromatic heterocycles. The molecule has 1 unspecified atom stereocenters. The van der Waals surface area contributed by atoms with E-state index < -0.39 is 12.0 Å². The number of methoxy groups -OCH3 is 2. The van der Waals surface area contributed by atoms with Crippen LogP contribution in [0, 0.1) is 0 Å². The number of aliphatic carboxylic acids is 1. The zero-order valence-electron chi connectivity index (χ0n) is 35.6. The number of Topliss-reactive ketones (excluding diaryl/α,β-unsaturated/α-hetero) is 4. The lowest BCUT2D eigenvalue weighted by Crippen LogP contribution is -2.32. The predicted molar refractivity (Wildman–Crippen MR) is 240 cm³/mol. The number of ketones is 4. The second kappa shape index (κ2) is 28.8. The number of nitrogen functional groups attached to an aromatic ring is 3. The van der Waals surface area contributed by atoms with Crippen LogP contribution >= 0.6 is 0 Å². The molecule has 0 spiro atoms. The van der Waals surface area contributed by atoms with E-state index in [0.29, 0.717) is 82.4 Å². The molecule has 14 N–H and O–H groups in total. The maximum atomic E-state index is 12.0. The molecule has 3 amide bonds. The molecule has 0 fully saturated rings. The van der Waals surface area contributed by atoms with Gasteiger partial charge in [0.05, 0.1) is 19.9 Å². The first-order chi connectivity index (χ1) is 29.9. The number of amides is 3. The summed E-state index contributed by atoms with van der Waals surface area (Å²) in [6.45, 7) is 3.73. The third kappa shape index (κ3) is 20.0. The van der Waals surface area contributed by atoms with Crippen LogP contribution in [0.3, 0.4) is 0 Å². The van der Waals surface area contributed by atoms with E-state index in [9.17, 15) is 38.4 Å². The highest BCUT2D eigenvalue weighted by molar-refractivity contribution is 6.04. The molecule has 0 saturated carbocycles. The minimum atomic E-state index is -1.20. The molecule has 0 aliphatic heterocycles. The Kier molecular flexibility index (Phi) is 24.4. The van der Waals surface area contributed by atoms with Crippen LogP contribution in [0.4, 0.5) is 22.7 Å². The third-order valence-electron chi connectivity index (χ3n) is 8.37. The summed E-state index contributed by atoms with van der Waals surface area (Å²) in [5.41, 5.74) is 30.7. The Morgan fingerprint density at radius 1 is 0.619 bits per heavy atom. The molecule has 4 rings (SSSR count). The second-order valence-electron chi connectivity index (χ2n) is 13.1. The topological polar surface area (TPSA) is 341 Å². The van der Waals surface area contributed by atoms with Crippen molar-refractivity contribution in [3.63, 3.8) is 0 Å². The second-order valence-corrected chi connectivity index (χ2v) is 13.1. The number of para-hydroxylation sites is 2. The van der Waals surface area contributed by atoms with Gasteiger partial charge >= 0.3 is 5.97 Å². The Labute approximate surface area is 365 Å². The lowest BCUT2D eigenvalue weighted by molar-refractivity contribution is -0.138. The summed E-state index contributed by atoms with van der Waals surface area (Å²) in [5, 5.41) is 16.1. The van der Waals surface area contributed by atoms with Crippen molar-refractivity contribution in [3.8, 4) is 11.5 Å². The molecule has 0 aliphatic rings. The average Bonchev–Trinajstić information content (AvgIpc) is 3.24. The van der Waals surface area contributed by atoms with Crippen LogP contribution in [0.2, 0.25) is 0 Å². The van der Waals surface area contributed by atoms with Crippen molar-refractivity contribution in [2.24, 2.45) is 11.5 Å². The Morgan fingerprint density at radius 2 is 1.05 bits per heavy atom. The van der Waals surface area contributed by atoms with Crippen LogP contribution in [0.25, 0.3) is 0 Å². The van der Waals surface area contributed by atoms with E-state index in [1.54, 1.807) is 84.9 Å². The molecule has 63 heavy (non-hydrogen) atoms. The van der Waals surface area contributed by atoms with Gasteiger partial charge in [0.1, 0.15) is 17.5 Å². The van der Waals surface area contributed by atoms with Gasteiger partial charge in [-0.05, 0) is 67.2 Å². The Bertz CT molecular complexity index is 2200. The van der Waals surface area contributed by atoms with E-state index in [1.165, 1.54) is 28.1 Å². The summed E-state index contributed by atoms with van der Waals surface area (Å²) in [6.07, 6.45) is 0.988. The molecule has 338 valence electrons. The number of ether oxygens (including phenoxy) is 2. The normalized spacial score (nSPS) is 10.3. The van der Waals surface area contributed by atoms with Crippen molar-refractivity contribution in [1.82, 2.24) is 10.6 Å². The van der Waals surface area contributed by atoms with Gasteiger partial charge < -0.3 is 59.2 Å². The average molecular weight is 873 g/mol. The van der Waals surface area contributed by atoms with Crippen molar-refractivity contribution in [2.75, 3.05) is 56.4 Å². The van der Waals surface area contributed by atoms with Gasteiger partial charge in [0, 0.05) is 91.9 Å². The molecular formula is C44H56N8O11. The smallest absolute Gasteiger partial charge is 0.320 e. The SMILES string of the molecule is COc1ccc(N)c(C(=O)CCNC(C)=O)c1.COc1ccc(NC=O)c(C(=O)CCNC(C)=O)c1.NCCC(=O)c1ccccc1N.Nc1ccccc1C(=O)CC(N)C(=O)O. The van der Waals surface area contributed by atoms with Crippen molar-refractivity contribution in [1.29, 1.82) is 0 Å². The molecule has 19 heteroatoms. The minimum Gasteiger partial charge on any atom is -0.497 e. The van der Waals surface area contributed by atoms with Crippen LogP contribution in [0.5, 0.6) is 11.5 Å². The lowest BCUT2D eigenvalue weighted by Gasteiger charge is -2.09. The van der Waals surface area contributed by atoms with Crippen LogP contribution in [0.15, 0.2) is 84.9 Å². The van der Waals surface area contributed by atoms with Gasteiger partial charge in [-0.3, -0.25) is 38.4 Å². The third-order valence-corrected chi connectivity index (χ3v) is 8.37. The number of benzene rings is 4. The van der Waals surface area contributed by atoms with Crippen molar-refractivity contribution in [2.45, 2.75) is 45.6 Å². The van der Waals surface area contributed by atoms with Crippen molar-refractivity contribution in [3.05, 3.63) is 107 Å². The summed E-state index contributed by atoms with van der Waals surface area (Å²) < 4.78 is 10.1. The molecule has 0 saturated heterocycles. The van der Waals surface area contributed by atoms with Crippen LogP contribution in [-0.2, 0) is 19.2 Å². The highest BCUT2D eigenvalue weighted by Crippen LogP contribution is 2.23. The van der Waals surface area contributed by atoms with E-state index in [-0.39, 0.29) is 60.8 Å². The molecule has 1 atom stereocenters. The van der Waals surface area contributed by atoms with Gasteiger partial charge in [-0.15, -0.1) is 0 Å². The first kappa shape index (κ1) is 53.4.